The van der Waals surface area contributed by atoms with Crippen LogP contribution in [-0.2, 0) is 0 Å². The Bertz CT molecular complexity index is 95.8. The van der Waals surface area contributed by atoms with E-state index >= 15 is 0 Å². The lowest BCUT2D eigenvalue weighted by molar-refractivity contribution is 0.970. The van der Waals surface area contributed by atoms with Crippen molar-refractivity contribution in [3.05, 3.63) is 0 Å². The summed E-state index contributed by atoms with van der Waals surface area (Å²) in [7, 11) is 1.64. The van der Waals surface area contributed by atoms with Crippen LogP contribution in [0.15, 0.2) is 4.99 Å². The van der Waals surface area contributed by atoms with Crippen molar-refractivity contribution in [2.24, 2.45) is 4.99 Å². The molecular weight excluding hydrogens is 102 g/mol. The van der Waals surface area contributed by atoms with Gasteiger partial charge < -0.3 is 5.32 Å². The van der Waals surface area contributed by atoms with Crippen LogP contribution in [0.25, 0.3) is 0 Å². The fraction of sp³-hybridized carbons (Fsp3) is 0.600. The van der Waals surface area contributed by atoms with E-state index in [0.29, 0.717) is 5.84 Å². The second kappa shape index (κ2) is 4.30. The van der Waals surface area contributed by atoms with E-state index in [1.54, 1.807) is 7.05 Å². The molecule has 46 valence electrons. The first-order chi connectivity index (χ1) is 3.81. The molecule has 0 aromatic heterocycles. The first kappa shape index (κ1) is 7.14. The maximum atomic E-state index is 7.03. The first-order valence-electron chi connectivity index (χ1n) is 2.55. The van der Waals surface area contributed by atoms with Gasteiger partial charge in [0.25, 0.3) is 0 Å². The fourth-order valence-corrected chi connectivity index (χ4v) is 0.365. The lowest BCUT2D eigenvalue weighted by Gasteiger charge is -1.94. The highest BCUT2D eigenvalue weighted by molar-refractivity contribution is 6.27. The molecular formula is C5H11N3. The van der Waals surface area contributed by atoms with E-state index in [1.807, 2.05) is 6.92 Å². The summed E-state index contributed by atoms with van der Waals surface area (Å²) in [6, 6.07) is 0. The summed E-state index contributed by atoms with van der Waals surface area (Å²) in [5, 5.41) is 9.81. The maximum Gasteiger partial charge on any atom is 0.136 e. The molecule has 0 aliphatic rings. The Labute approximate surface area is 49.3 Å². The largest absolute Gasteiger partial charge is 0.370 e. The van der Waals surface area contributed by atoms with E-state index in [0.717, 1.165) is 6.54 Å². The molecule has 0 atom stereocenters. The molecule has 3 heteroatoms. The van der Waals surface area contributed by atoms with Crippen LogP contribution in [0.3, 0.4) is 0 Å². The van der Waals surface area contributed by atoms with Crippen molar-refractivity contribution < 1.29 is 0 Å². The van der Waals surface area contributed by atoms with Crippen LogP contribution < -0.4 is 5.32 Å². The van der Waals surface area contributed by atoms with Crippen LogP contribution in [-0.4, -0.2) is 25.6 Å². The molecule has 0 aromatic carbocycles. The predicted octanol–water partition coefficient (Wildman–Crippen LogP) is 0.274. The van der Waals surface area contributed by atoms with Gasteiger partial charge in [0.15, 0.2) is 0 Å². The van der Waals surface area contributed by atoms with Gasteiger partial charge >= 0.3 is 0 Å². The van der Waals surface area contributed by atoms with Crippen molar-refractivity contribution in [1.29, 1.82) is 5.41 Å². The summed E-state index contributed by atoms with van der Waals surface area (Å²) in [5.41, 5.74) is 0. The smallest absolute Gasteiger partial charge is 0.136 e. The molecule has 0 aromatic rings. The standard InChI is InChI=1S/C5H11N3/c1-3-8-5(6)4-7-2/h4H,3H2,1-2H3,(H2,6,8)/b7-4-. The SMILES string of the molecule is CCNC(=N)/C=N\C. The lowest BCUT2D eigenvalue weighted by Crippen LogP contribution is -2.22. The van der Waals surface area contributed by atoms with Crippen LogP contribution in [0.4, 0.5) is 0 Å². The minimum absolute atomic E-state index is 0.370. The van der Waals surface area contributed by atoms with Crippen molar-refractivity contribution in [2.75, 3.05) is 13.6 Å². The molecule has 0 fully saturated rings. The summed E-state index contributed by atoms with van der Waals surface area (Å²) in [6.45, 7) is 2.73. The zero-order valence-electron chi connectivity index (χ0n) is 5.23. The molecule has 0 saturated heterocycles. The third kappa shape index (κ3) is 3.33. The minimum atomic E-state index is 0.370. The number of amidine groups is 1. The summed E-state index contributed by atoms with van der Waals surface area (Å²) in [6.07, 6.45) is 1.48. The summed E-state index contributed by atoms with van der Waals surface area (Å²) in [4.78, 5) is 3.64. The van der Waals surface area contributed by atoms with Crippen molar-refractivity contribution >= 4 is 12.1 Å². The minimum Gasteiger partial charge on any atom is -0.370 e. The predicted molar refractivity (Wildman–Crippen MR) is 35.8 cm³/mol. The number of hydrogen-bond donors (Lipinski definition) is 2. The van der Waals surface area contributed by atoms with E-state index < -0.39 is 0 Å². The van der Waals surface area contributed by atoms with E-state index in [1.165, 1.54) is 6.21 Å². The van der Waals surface area contributed by atoms with E-state index in [4.69, 9.17) is 5.41 Å². The first-order valence-corrected chi connectivity index (χ1v) is 2.55. The second-order valence-electron chi connectivity index (χ2n) is 1.33. The average Bonchev–Trinajstić information content (AvgIpc) is 1.68. The van der Waals surface area contributed by atoms with Gasteiger partial charge in [0.2, 0.25) is 0 Å². The van der Waals surface area contributed by atoms with Gasteiger partial charge in [-0.3, -0.25) is 10.4 Å². The number of nitrogens with zero attached hydrogens (tertiary/aromatic N) is 1. The highest BCUT2D eigenvalue weighted by Gasteiger charge is 1.81. The van der Waals surface area contributed by atoms with Gasteiger partial charge in [-0.15, -0.1) is 0 Å². The van der Waals surface area contributed by atoms with Gasteiger partial charge in [0.05, 0.1) is 6.21 Å². The molecule has 2 N–H and O–H groups in total. The Morgan fingerprint density at radius 3 is 2.88 bits per heavy atom. The van der Waals surface area contributed by atoms with Crippen LogP contribution in [0.1, 0.15) is 6.92 Å². The van der Waals surface area contributed by atoms with Crippen LogP contribution in [0.5, 0.6) is 0 Å². The molecule has 3 nitrogen and oxygen atoms in total. The van der Waals surface area contributed by atoms with Crippen molar-refractivity contribution in [1.82, 2.24) is 5.32 Å². The molecule has 0 unspecified atom stereocenters. The molecule has 0 heterocycles. The maximum absolute atomic E-state index is 7.03. The van der Waals surface area contributed by atoms with E-state index in [9.17, 15) is 0 Å². The summed E-state index contributed by atoms with van der Waals surface area (Å²) >= 11 is 0. The second-order valence-corrected chi connectivity index (χ2v) is 1.33. The molecule has 0 radical (unpaired) electrons. The molecule has 0 saturated carbocycles. The van der Waals surface area contributed by atoms with Gasteiger partial charge in [-0.2, -0.15) is 0 Å². The Kier molecular flexibility index (Phi) is 3.84. The zero-order valence-corrected chi connectivity index (χ0v) is 5.23. The van der Waals surface area contributed by atoms with Gasteiger partial charge in [-0.1, -0.05) is 0 Å². The quantitative estimate of drug-likeness (QED) is 0.392. The number of aliphatic imine (C=N–C) groups is 1. The van der Waals surface area contributed by atoms with Crippen molar-refractivity contribution in [2.45, 2.75) is 6.92 Å². The normalized spacial score (nSPS) is 9.75. The number of rotatable bonds is 2. The summed E-state index contributed by atoms with van der Waals surface area (Å²) < 4.78 is 0. The van der Waals surface area contributed by atoms with Crippen LogP contribution in [0, 0.1) is 5.41 Å². The Hall–Kier alpha value is -0.860. The van der Waals surface area contributed by atoms with Gasteiger partial charge in [0, 0.05) is 13.6 Å². The van der Waals surface area contributed by atoms with Crippen LogP contribution >= 0.6 is 0 Å². The Balaban J connectivity index is 3.33. The zero-order chi connectivity index (χ0) is 6.41. The summed E-state index contributed by atoms with van der Waals surface area (Å²) in [5.74, 6) is 0.370. The number of nitrogens with one attached hydrogen (secondary N) is 2. The third-order valence-corrected chi connectivity index (χ3v) is 0.625. The third-order valence-electron chi connectivity index (χ3n) is 0.625. The van der Waals surface area contributed by atoms with Crippen LogP contribution in [0.2, 0.25) is 0 Å². The van der Waals surface area contributed by atoms with E-state index in [2.05, 4.69) is 10.3 Å². The topological polar surface area (TPSA) is 48.2 Å². The average molecular weight is 113 g/mol. The molecule has 0 rings (SSSR count). The Morgan fingerprint density at radius 1 is 1.88 bits per heavy atom. The molecule has 0 amide bonds. The van der Waals surface area contributed by atoms with Gasteiger partial charge in [0.1, 0.15) is 5.84 Å². The molecule has 0 bridgehead atoms. The number of hydrogen-bond acceptors (Lipinski definition) is 2. The van der Waals surface area contributed by atoms with E-state index in [-0.39, 0.29) is 0 Å². The molecule has 0 spiro atoms. The highest BCUT2D eigenvalue weighted by Crippen LogP contribution is 1.58. The monoisotopic (exact) mass is 113 g/mol. The molecule has 0 aliphatic carbocycles. The molecule has 8 heavy (non-hydrogen) atoms. The van der Waals surface area contributed by atoms with Gasteiger partial charge in [-0.05, 0) is 6.92 Å². The molecule has 0 aliphatic heterocycles. The Morgan fingerprint density at radius 2 is 2.50 bits per heavy atom. The van der Waals surface area contributed by atoms with Crippen molar-refractivity contribution in [3.63, 3.8) is 0 Å². The van der Waals surface area contributed by atoms with Crippen molar-refractivity contribution in [3.8, 4) is 0 Å². The van der Waals surface area contributed by atoms with Gasteiger partial charge in [-0.25, -0.2) is 0 Å². The highest BCUT2D eigenvalue weighted by atomic mass is 14.9. The fourth-order valence-electron chi connectivity index (χ4n) is 0.365. The lowest BCUT2D eigenvalue weighted by atomic mass is 10.6.